The van der Waals surface area contributed by atoms with Gasteiger partial charge in [-0.15, -0.1) is 0 Å². The quantitative estimate of drug-likeness (QED) is 0.607. The molecular formula is C24H26N2O3S. The highest BCUT2D eigenvalue weighted by molar-refractivity contribution is 7.92. The van der Waals surface area contributed by atoms with Crippen molar-refractivity contribution in [3.63, 3.8) is 0 Å². The van der Waals surface area contributed by atoms with Gasteiger partial charge in [0.15, 0.2) is 0 Å². The van der Waals surface area contributed by atoms with Crippen molar-refractivity contribution in [2.75, 3.05) is 11.4 Å². The van der Waals surface area contributed by atoms with E-state index >= 15 is 0 Å². The van der Waals surface area contributed by atoms with E-state index in [1.165, 1.54) is 29.0 Å². The summed E-state index contributed by atoms with van der Waals surface area (Å²) in [5, 5.41) is 2.86. The van der Waals surface area contributed by atoms with Crippen LogP contribution in [-0.4, -0.2) is 21.4 Å². The van der Waals surface area contributed by atoms with E-state index in [-0.39, 0.29) is 10.8 Å². The summed E-state index contributed by atoms with van der Waals surface area (Å²) in [5.74, 6) is 0.134. The van der Waals surface area contributed by atoms with E-state index in [2.05, 4.69) is 31.3 Å². The van der Waals surface area contributed by atoms with Crippen molar-refractivity contribution in [2.45, 2.75) is 31.2 Å². The Labute approximate surface area is 178 Å². The molecule has 0 unspecified atom stereocenters. The molecule has 0 atom stereocenters. The summed E-state index contributed by atoms with van der Waals surface area (Å²) in [5.41, 5.74) is 3.08. The Morgan fingerprint density at radius 3 is 2.23 bits per heavy atom. The number of sulfonamides is 1. The fourth-order valence-electron chi connectivity index (χ4n) is 3.04. The maximum absolute atomic E-state index is 13.0. The van der Waals surface area contributed by atoms with Gasteiger partial charge < -0.3 is 5.32 Å². The summed E-state index contributed by atoms with van der Waals surface area (Å²) in [6.07, 6.45) is 0. The van der Waals surface area contributed by atoms with Crippen molar-refractivity contribution in [3.05, 3.63) is 95.6 Å². The zero-order valence-electron chi connectivity index (χ0n) is 17.4. The van der Waals surface area contributed by atoms with E-state index in [0.717, 1.165) is 5.56 Å². The Hall–Kier alpha value is -3.12. The van der Waals surface area contributed by atoms with Gasteiger partial charge in [-0.1, -0.05) is 62.4 Å². The maximum Gasteiger partial charge on any atom is 0.264 e. The van der Waals surface area contributed by atoms with Crippen molar-refractivity contribution in [2.24, 2.45) is 0 Å². The Bertz CT molecular complexity index is 1110. The van der Waals surface area contributed by atoms with Crippen LogP contribution >= 0.6 is 0 Å². The molecule has 0 spiro atoms. The fraction of sp³-hybridized carbons (Fsp3) is 0.208. The topological polar surface area (TPSA) is 66.5 Å². The number of hydrogen-bond acceptors (Lipinski definition) is 3. The minimum absolute atomic E-state index is 0.0720. The molecule has 3 aromatic carbocycles. The highest BCUT2D eigenvalue weighted by Crippen LogP contribution is 2.22. The van der Waals surface area contributed by atoms with Gasteiger partial charge in [0.2, 0.25) is 0 Å². The number of anilines is 1. The van der Waals surface area contributed by atoms with Crippen LogP contribution < -0.4 is 9.62 Å². The first-order chi connectivity index (χ1) is 14.3. The first kappa shape index (κ1) is 21.6. The van der Waals surface area contributed by atoms with Crippen LogP contribution in [0.3, 0.4) is 0 Å². The molecule has 0 heterocycles. The summed E-state index contributed by atoms with van der Waals surface area (Å²) >= 11 is 0. The second-order valence-electron chi connectivity index (χ2n) is 7.41. The lowest BCUT2D eigenvalue weighted by Crippen LogP contribution is -2.27. The van der Waals surface area contributed by atoms with Gasteiger partial charge in [-0.2, -0.15) is 0 Å². The summed E-state index contributed by atoms with van der Waals surface area (Å²) in [6.45, 7) is 4.64. The lowest BCUT2D eigenvalue weighted by Gasteiger charge is -2.19. The van der Waals surface area contributed by atoms with E-state index in [1.807, 2.05) is 18.2 Å². The molecule has 3 rings (SSSR count). The number of rotatable bonds is 7. The number of nitrogens with zero attached hydrogens (tertiary/aromatic N) is 1. The van der Waals surface area contributed by atoms with Crippen molar-refractivity contribution in [3.8, 4) is 0 Å². The lowest BCUT2D eigenvalue weighted by atomic mass is 10.0. The third-order valence-corrected chi connectivity index (χ3v) is 6.76. The van der Waals surface area contributed by atoms with Crippen LogP contribution in [0.25, 0.3) is 0 Å². The van der Waals surface area contributed by atoms with Gasteiger partial charge in [0.25, 0.3) is 15.9 Å². The molecule has 30 heavy (non-hydrogen) atoms. The van der Waals surface area contributed by atoms with Crippen LogP contribution in [0.15, 0.2) is 83.8 Å². The van der Waals surface area contributed by atoms with Crippen molar-refractivity contribution in [1.29, 1.82) is 0 Å². The molecule has 6 heteroatoms. The third-order valence-electron chi connectivity index (χ3n) is 4.97. The van der Waals surface area contributed by atoms with Gasteiger partial charge >= 0.3 is 0 Å². The zero-order chi connectivity index (χ0) is 21.7. The molecule has 0 saturated carbocycles. The van der Waals surface area contributed by atoms with E-state index in [4.69, 9.17) is 0 Å². The number of nitrogens with one attached hydrogen (secondary N) is 1. The van der Waals surface area contributed by atoms with Crippen molar-refractivity contribution in [1.82, 2.24) is 5.32 Å². The van der Waals surface area contributed by atoms with Crippen LogP contribution in [0.5, 0.6) is 0 Å². The summed E-state index contributed by atoms with van der Waals surface area (Å²) in [7, 11) is -2.28. The predicted octanol–water partition coefficient (Wildman–Crippen LogP) is 4.57. The van der Waals surface area contributed by atoms with Crippen LogP contribution in [0.1, 0.15) is 41.3 Å². The molecule has 0 aromatic heterocycles. The van der Waals surface area contributed by atoms with E-state index in [1.54, 1.807) is 36.4 Å². The van der Waals surface area contributed by atoms with E-state index < -0.39 is 10.0 Å². The largest absolute Gasteiger partial charge is 0.348 e. The fourth-order valence-corrected chi connectivity index (χ4v) is 4.28. The first-order valence-electron chi connectivity index (χ1n) is 9.80. The molecule has 0 radical (unpaired) electrons. The third kappa shape index (κ3) is 4.89. The lowest BCUT2D eigenvalue weighted by molar-refractivity contribution is 0.0950. The molecule has 0 saturated heterocycles. The van der Waals surface area contributed by atoms with Gasteiger partial charge in [0, 0.05) is 19.2 Å². The van der Waals surface area contributed by atoms with Gasteiger partial charge in [0.05, 0.1) is 10.6 Å². The normalized spacial score (nSPS) is 11.3. The molecule has 1 N–H and O–H groups in total. The average Bonchev–Trinajstić information content (AvgIpc) is 2.77. The average molecular weight is 423 g/mol. The van der Waals surface area contributed by atoms with E-state index in [0.29, 0.717) is 23.7 Å². The van der Waals surface area contributed by atoms with Crippen LogP contribution in [0.2, 0.25) is 0 Å². The molecule has 0 aliphatic heterocycles. The molecule has 1 amide bonds. The minimum Gasteiger partial charge on any atom is -0.348 e. The van der Waals surface area contributed by atoms with Crippen LogP contribution in [0, 0.1) is 0 Å². The van der Waals surface area contributed by atoms with Crippen molar-refractivity contribution < 1.29 is 13.2 Å². The maximum atomic E-state index is 13.0. The number of amides is 1. The number of hydrogen-bond donors (Lipinski definition) is 1. The monoisotopic (exact) mass is 422 g/mol. The summed E-state index contributed by atoms with van der Waals surface area (Å²) < 4.78 is 27.1. The number of carbonyl (C=O) groups is 1. The molecule has 156 valence electrons. The molecule has 5 nitrogen and oxygen atoms in total. The predicted molar refractivity (Wildman–Crippen MR) is 120 cm³/mol. The summed E-state index contributed by atoms with van der Waals surface area (Å²) in [4.78, 5) is 12.7. The smallest absolute Gasteiger partial charge is 0.264 e. The van der Waals surface area contributed by atoms with Crippen LogP contribution in [-0.2, 0) is 16.6 Å². The number of benzene rings is 3. The Kier molecular flexibility index (Phi) is 6.57. The van der Waals surface area contributed by atoms with Gasteiger partial charge in [-0.3, -0.25) is 9.10 Å². The standard InChI is InChI=1S/C24H26N2O3S/c1-18(2)20-14-12-19(13-15-20)17-25-24(27)21-8-7-11-23(16-21)30(28,29)26(3)22-9-5-4-6-10-22/h4-16,18H,17H2,1-3H3,(H,25,27). The minimum atomic E-state index is -3.77. The van der Waals surface area contributed by atoms with Crippen LogP contribution in [0.4, 0.5) is 5.69 Å². The SMILES string of the molecule is CC(C)c1ccc(CNC(=O)c2cccc(S(=O)(=O)N(C)c3ccccc3)c2)cc1. The number of carbonyl (C=O) groups excluding carboxylic acids is 1. The highest BCUT2D eigenvalue weighted by atomic mass is 32.2. The molecule has 3 aromatic rings. The molecule has 0 aliphatic rings. The van der Waals surface area contributed by atoms with E-state index in [9.17, 15) is 13.2 Å². The highest BCUT2D eigenvalue weighted by Gasteiger charge is 2.22. The van der Waals surface area contributed by atoms with Gasteiger partial charge in [0.1, 0.15) is 0 Å². The Balaban J connectivity index is 1.73. The molecular weight excluding hydrogens is 396 g/mol. The summed E-state index contributed by atoms with van der Waals surface area (Å²) in [6, 6.07) is 23.0. The first-order valence-corrected chi connectivity index (χ1v) is 11.2. The Morgan fingerprint density at radius 1 is 0.933 bits per heavy atom. The zero-order valence-corrected chi connectivity index (χ0v) is 18.2. The second-order valence-corrected chi connectivity index (χ2v) is 9.38. The van der Waals surface area contributed by atoms with Crippen molar-refractivity contribution >= 4 is 21.6 Å². The van der Waals surface area contributed by atoms with Gasteiger partial charge in [-0.05, 0) is 47.4 Å². The molecule has 0 fully saturated rings. The molecule has 0 bridgehead atoms. The Morgan fingerprint density at radius 2 is 1.60 bits per heavy atom. The number of para-hydroxylation sites is 1. The second kappa shape index (κ2) is 9.13. The molecule has 0 aliphatic carbocycles. The van der Waals surface area contributed by atoms with Gasteiger partial charge in [-0.25, -0.2) is 8.42 Å².